The molecular weight excluding hydrogens is 354 g/mol. The number of nitrogens with zero attached hydrogens (tertiary/aromatic N) is 2. The van der Waals surface area contributed by atoms with Gasteiger partial charge >= 0.3 is 0 Å². The normalized spacial score (nSPS) is 10.4. The molecule has 0 atom stereocenters. The van der Waals surface area contributed by atoms with E-state index >= 15 is 0 Å². The van der Waals surface area contributed by atoms with Crippen LogP contribution in [-0.2, 0) is 0 Å². The van der Waals surface area contributed by atoms with Crippen molar-refractivity contribution in [1.29, 1.82) is 0 Å². The number of nitrogens with one attached hydrogen (secondary N) is 2. The van der Waals surface area contributed by atoms with Crippen molar-refractivity contribution in [2.24, 2.45) is 0 Å². The second-order valence-corrected chi connectivity index (χ2v) is 5.63. The van der Waals surface area contributed by atoms with Crippen LogP contribution in [0, 0.1) is 18.6 Å². The molecule has 0 amide bonds. The lowest BCUT2D eigenvalue weighted by Gasteiger charge is -2.14. The minimum Gasteiger partial charge on any atom is -0.497 e. The number of aryl methyl sites for hydroxylation is 1. The number of halogens is 2. The van der Waals surface area contributed by atoms with Crippen molar-refractivity contribution >= 4 is 23.0 Å². The molecule has 2 aromatic carbocycles. The lowest BCUT2D eigenvalue weighted by Crippen LogP contribution is -2.03. The third-order valence-electron chi connectivity index (χ3n) is 3.70. The summed E-state index contributed by atoms with van der Waals surface area (Å²) in [5.74, 6) is 1.19. The van der Waals surface area contributed by atoms with Gasteiger partial charge in [0, 0.05) is 18.2 Å². The zero-order valence-electron chi connectivity index (χ0n) is 15.0. The Morgan fingerprint density at radius 2 is 1.52 bits per heavy atom. The summed E-state index contributed by atoms with van der Waals surface area (Å²) in [5, 5.41) is 5.97. The molecule has 0 radical (unpaired) electrons. The van der Waals surface area contributed by atoms with Crippen LogP contribution in [0.4, 0.5) is 31.8 Å². The molecule has 0 aliphatic carbocycles. The van der Waals surface area contributed by atoms with E-state index in [1.807, 2.05) is 0 Å². The minimum atomic E-state index is -0.713. The topological polar surface area (TPSA) is 68.3 Å². The van der Waals surface area contributed by atoms with Crippen LogP contribution in [0.2, 0.25) is 0 Å². The van der Waals surface area contributed by atoms with Crippen molar-refractivity contribution < 1.29 is 18.3 Å². The Bertz CT molecular complexity index is 966. The molecule has 1 heterocycles. The molecule has 2 N–H and O–H groups in total. The molecular formula is C19H18F2N4O2. The molecule has 0 saturated heterocycles. The maximum absolute atomic E-state index is 13.9. The van der Waals surface area contributed by atoms with Gasteiger partial charge in [-0.3, -0.25) is 0 Å². The van der Waals surface area contributed by atoms with E-state index < -0.39 is 11.6 Å². The number of hydrogen-bond donors (Lipinski definition) is 2. The molecule has 0 aliphatic heterocycles. The van der Waals surface area contributed by atoms with E-state index in [0.29, 0.717) is 34.6 Å². The molecule has 3 aromatic rings. The SMILES string of the molecule is COc1ccc(OC)c(Nc2cc(Nc3ccc(F)cc3F)nc(C)n2)c1. The van der Waals surface area contributed by atoms with Crippen LogP contribution in [-0.4, -0.2) is 24.2 Å². The molecule has 6 nitrogen and oxygen atoms in total. The number of hydrogen-bond acceptors (Lipinski definition) is 6. The quantitative estimate of drug-likeness (QED) is 0.661. The van der Waals surface area contributed by atoms with Gasteiger partial charge < -0.3 is 20.1 Å². The Balaban J connectivity index is 1.90. The average Bonchev–Trinajstić information content (AvgIpc) is 2.63. The number of rotatable bonds is 6. The Labute approximate surface area is 155 Å². The standard InChI is InChI=1S/C19H18F2N4O2/c1-11-22-18(24-15-6-4-12(20)8-14(15)21)10-19(23-11)25-16-9-13(26-2)5-7-17(16)27-3/h4-10H,1-3H3,(H2,22,23,24,25). The van der Waals surface area contributed by atoms with Crippen LogP contribution in [0.1, 0.15) is 5.82 Å². The van der Waals surface area contributed by atoms with Crippen molar-refractivity contribution in [2.45, 2.75) is 6.92 Å². The number of aromatic nitrogens is 2. The van der Waals surface area contributed by atoms with Gasteiger partial charge in [-0.25, -0.2) is 18.7 Å². The molecule has 0 spiro atoms. The molecule has 0 aliphatic rings. The van der Waals surface area contributed by atoms with E-state index in [1.54, 1.807) is 45.4 Å². The van der Waals surface area contributed by atoms with Gasteiger partial charge in [0.1, 0.15) is 40.6 Å². The third kappa shape index (κ3) is 4.41. The van der Waals surface area contributed by atoms with Crippen LogP contribution in [0.25, 0.3) is 0 Å². The summed E-state index contributed by atoms with van der Waals surface area (Å²) >= 11 is 0. The largest absolute Gasteiger partial charge is 0.497 e. The highest BCUT2D eigenvalue weighted by Crippen LogP contribution is 2.31. The highest BCUT2D eigenvalue weighted by atomic mass is 19.1. The third-order valence-corrected chi connectivity index (χ3v) is 3.70. The Hall–Kier alpha value is -3.42. The van der Waals surface area contributed by atoms with Crippen LogP contribution < -0.4 is 20.1 Å². The molecule has 0 unspecified atom stereocenters. The summed E-state index contributed by atoms with van der Waals surface area (Å²) in [4.78, 5) is 8.56. The molecule has 0 bridgehead atoms. The first-order chi connectivity index (χ1) is 13.0. The lowest BCUT2D eigenvalue weighted by molar-refractivity contribution is 0.405. The van der Waals surface area contributed by atoms with Gasteiger partial charge in [-0.05, 0) is 31.2 Å². The predicted molar refractivity (Wildman–Crippen MR) is 99.2 cm³/mol. The van der Waals surface area contributed by atoms with E-state index in [0.717, 1.165) is 6.07 Å². The first kappa shape index (κ1) is 18.4. The molecule has 0 fully saturated rings. The number of ether oxygens (including phenoxy) is 2. The zero-order chi connectivity index (χ0) is 19.4. The van der Waals surface area contributed by atoms with E-state index in [1.165, 1.54) is 12.1 Å². The van der Waals surface area contributed by atoms with Gasteiger partial charge in [-0.1, -0.05) is 0 Å². The van der Waals surface area contributed by atoms with Gasteiger partial charge in [0.05, 0.1) is 25.6 Å². The summed E-state index contributed by atoms with van der Waals surface area (Å²) in [5.41, 5.74) is 0.758. The molecule has 1 aromatic heterocycles. The monoisotopic (exact) mass is 372 g/mol. The van der Waals surface area contributed by atoms with Crippen molar-refractivity contribution in [2.75, 3.05) is 24.9 Å². The van der Waals surface area contributed by atoms with Crippen LogP contribution in [0.5, 0.6) is 11.5 Å². The summed E-state index contributed by atoms with van der Waals surface area (Å²) in [6.45, 7) is 1.71. The highest BCUT2D eigenvalue weighted by molar-refractivity contribution is 5.68. The summed E-state index contributed by atoms with van der Waals surface area (Å²) in [6, 6.07) is 10.2. The van der Waals surface area contributed by atoms with E-state index in [-0.39, 0.29) is 5.69 Å². The minimum absolute atomic E-state index is 0.111. The number of anilines is 4. The summed E-state index contributed by atoms with van der Waals surface area (Å²) in [6.07, 6.45) is 0. The summed E-state index contributed by atoms with van der Waals surface area (Å²) < 4.78 is 37.5. The van der Waals surface area contributed by atoms with Crippen LogP contribution in [0.3, 0.4) is 0 Å². The fourth-order valence-corrected chi connectivity index (χ4v) is 2.47. The fraction of sp³-hybridized carbons (Fsp3) is 0.158. The Morgan fingerprint density at radius 3 is 2.15 bits per heavy atom. The van der Waals surface area contributed by atoms with Crippen molar-refractivity contribution in [3.63, 3.8) is 0 Å². The Morgan fingerprint density at radius 1 is 0.815 bits per heavy atom. The van der Waals surface area contributed by atoms with Crippen LogP contribution in [0.15, 0.2) is 42.5 Å². The van der Waals surface area contributed by atoms with E-state index in [9.17, 15) is 8.78 Å². The fourth-order valence-electron chi connectivity index (χ4n) is 2.47. The van der Waals surface area contributed by atoms with Crippen molar-refractivity contribution in [3.8, 4) is 11.5 Å². The van der Waals surface area contributed by atoms with E-state index in [4.69, 9.17) is 9.47 Å². The first-order valence-electron chi connectivity index (χ1n) is 8.05. The van der Waals surface area contributed by atoms with Crippen molar-refractivity contribution in [1.82, 2.24) is 9.97 Å². The highest BCUT2D eigenvalue weighted by Gasteiger charge is 2.10. The second-order valence-electron chi connectivity index (χ2n) is 5.63. The lowest BCUT2D eigenvalue weighted by atomic mass is 10.2. The predicted octanol–water partition coefficient (Wildman–Crippen LogP) is 4.57. The number of benzene rings is 2. The van der Waals surface area contributed by atoms with Crippen molar-refractivity contribution in [3.05, 3.63) is 59.9 Å². The summed E-state index contributed by atoms with van der Waals surface area (Å²) in [7, 11) is 3.13. The maximum atomic E-state index is 13.9. The molecule has 0 saturated carbocycles. The molecule has 8 heteroatoms. The second kappa shape index (κ2) is 7.86. The zero-order valence-corrected chi connectivity index (χ0v) is 15.0. The van der Waals surface area contributed by atoms with Gasteiger partial charge in [-0.15, -0.1) is 0 Å². The maximum Gasteiger partial charge on any atom is 0.149 e. The average molecular weight is 372 g/mol. The smallest absolute Gasteiger partial charge is 0.149 e. The first-order valence-corrected chi connectivity index (χ1v) is 8.05. The van der Waals surface area contributed by atoms with Gasteiger partial charge in [0.25, 0.3) is 0 Å². The van der Waals surface area contributed by atoms with Gasteiger partial charge in [0.2, 0.25) is 0 Å². The van der Waals surface area contributed by atoms with Gasteiger partial charge in [0.15, 0.2) is 0 Å². The van der Waals surface area contributed by atoms with Gasteiger partial charge in [-0.2, -0.15) is 0 Å². The van der Waals surface area contributed by atoms with Crippen LogP contribution >= 0.6 is 0 Å². The number of methoxy groups -OCH3 is 2. The molecule has 27 heavy (non-hydrogen) atoms. The van der Waals surface area contributed by atoms with E-state index in [2.05, 4.69) is 20.6 Å². The Kier molecular flexibility index (Phi) is 5.35. The molecule has 3 rings (SSSR count). The molecule has 140 valence electrons.